The monoisotopic (exact) mass is 362 g/mol. The Morgan fingerprint density at radius 1 is 1.40 bits per heavy atom. The second-order valence-corrected chi connectivity index (χ2v) is 7.46. The summed E-state index contributed by atoms with van der Waals surface area (Å²) in [6.45, 7) is 3.21. The Labute approximate surface area is 152 Å². The highest BCUT2D eigenvalue weighted by atomic mass is 32.1. The fraction of sp³-hybridized carbons (Fsp3) is 0.579. The number of carbonyl (C=O) groups excluding carboxylic acids is 1. The lowest BCUT2D eigenvalue weighted by Crippen LogP contribution is -2.27. The molecule has 1 amide bonds. The van der Waals surface area contributed by atoms with Crippen molar-refractivity contribution in [1.82, 2.24) is 10.3 Å². The molecule has 1 fully saturated rings. The molecule has 1 aliphatic rings. The van der Waals surface area contributed by atoms with Gasteiger partial charge in [0.2, 0.25) is 11.8 Å². The van der Waals surface area contributed by atoms with Gasteiger partial charge >= 0.3 is 0 Å². The van der Waals surface area contributed by atoms with E-state index in [-0.39, 0.29) is 12.3 Å². The van der Waals surface area contributed by atoms with E-state index in [1.807, 2.05) is 24.4 Å². The molecule has 0 aromatic carbocycles. The zero-order valence-corrected chi connectivity index (χ0v) is 15.6. The van der Waals surface area contributed by atoms with E-state index in [0.29, 0.717) is 30.0 Å². The molecule has 1 aliphatic carbocycles. The number of nitrogens with one attached hydrogen (secondary N) is 1. The number of nitrogens with zero attached hydrogens (tertiary/aromatic N) is 1. The summed E-state index contributed by atoms with van der Waals surface area (Å²) >= 11 is 1.58. The summed E-state index contributed by atoms with van der Waals surface area (Å²) in [6.07, 6.45) is 7.81. The van der Waals surface area contributed by atoms with E-state index in [0.717, 1.165) is 17.9 Å². The molecule has 0 bridgehead atoms. The van der Waals surface area contributed by atoms with Gasteiger partial charge in [-0.05, 0) is 37.6 Å². The molecular weight excluding hydrogens is 336 g/mol. The molecule has 2 aromatic rings. The number of aryl methyl sites for hydroxylation is 1. The Hall–Kier alpha value is -1.66. The molecule has 136 valence electrons. The number of aromatic nitrogens is 1. The number of rotatable bonds is 8. The Balaban J connectivity index is 1.36. The number of hydrogen-bond donors (Lipinski definition) is 1. The SMILES string of the molecule is Cc1oc(-c2cccs2)nc1CC(=O)NCCCOC1CCCCC1. The van der Waals surface area contributed by atoms with Crippen LogP contribution in [-0.2, 0) is 16.0 Å². The van der Waals surface area contributed by atoms with Gasteiger partial charge in [-0.3, -0.25) is 4.79 Å². The van der Waals surface area contributed by atoms with E-state index in [4.69, 9.17) is 9.15 Å². The number of hydrogen-bond acceptors (Lipinski definition) is 5. The van der Waals surface area contributed by atoms with Crippen LogP contribution >= 0.6 is 11.3 Å². The first kappa shape index (κ1) is 18.1. The van der Waals surface area contributed by atoms with Crippen molar-refractivity contribution in [3.63, 3.8) is 0 Å². The van der Waals surface area contributed by atoms with Crippen molar-refractivity contribution in [1.29, 1.82) is 0 Å². The maximum atomic E-state index is 12.1. The first-order chi connectivity index (χ1) is 12.2. The Bertz CT molecular complexity index is 660. The van der Waals surface area contributed by atoms with Gasteiger partial charge in [0.05, 0.1) is 23.1 Å². The predicted octanol–water partition coefficient (Wildman–Crippen LogP) is 4.11. The van der Waals surface area contributed by atoms with E-state index in [9.17, 15) is 4.79 Å². The van der Waals surface area contributed by atoms with Crippen molar-refractivity contribution in [2.45, 2.75) is 58.0 Å². The lowest BCUT2D eigenvalue weighted by molar-refractivity contribution is -0.120. The van der Waals surface area contributed by atoms with Gasteiger partial charge in [-0.25, -0.2) is 4.98 Å². The number of thiophene rings is 1. The van der Waals surface area contributed by atoms with Crippen LogP contribution in [0.25, 0.3) is 10.8 Å². The van der Waals surface area contributed by atoms with Crippen LogP contribution in [0.1, 0.15) is 50.0 Å². The molecule has 0 saturated heterocycles. The number of amides is 1. The van der Waals surface area contributed by atoms with Crippen molar-refractivity contribution >= 4 is 17.2 Å². The molecule has 0 spiro atoms. The van der Waals surface area contributed by atoms with Crippen LogP contribution in [0.15, 0.2) is 21.9 Å². The van der Waals surface area contributed by atoms with Gasteiger partial charge in [0.1, 0.15) is 5.76 Å². The summed E-state index contributed by atoms with van der Waals surface area (Å²) in [7, 11) is 0. The molecular formula is C19H26N2O3S. The first-order valence-electron chi connectivity index (χ1n) is 9.11. The first-order valence-corrected chi connectivity index (χ1v) is 9.99. The van der Waals surface area contributed by atoms with Gasteiger partial charge in [0.15, 0.2) is 0 Å². The average molecular weight is 362 g/mol. The zero-order valence-electron chi connectivity index (χ0n) is 14.8. The minimum absolute atomic E-state index is 0.0215. The molecule has 2 heterocycles. The highest BCUT2D eigenvalue weighted by Gasteiger charge is 2.15. The zero-order chi connectivity index (χ0) is 17.5. The van der Waals surface area contributed by atoms with Crippen LogP contribution in [0.2, 0.25) is 0 Å². The summed E-state index contributed by atoms with van der Waals surface area (Å²) < 4.78 is 11.5. The van der Waals surface area contributed by atoms with Crippen molar-refractivity contribution in [3.8, 4) is 10.8 Å². The number of oxazole rings is 1. The van der Waals surface area contributed by atoms with E-state index < -0.39 is 0 Å². The van der Waals surface area contributed by atoms with E-state index in [1.165, 1.54) is 32.1 Å². The maximum Gasteiger partial charge on any atom is 0.236 e. The topological polar surface area (TPSA) is 64.4 Å². The molecule has 0 radical (unpaired) electrons. The molecule has 0 aliphatic heterocycles. The molecule has 0 unspecified atom stereocenters. The van der Waals surface area contributed by atoms with Gasteiger partial charge in [-0.2, -0.15) is 0 Å². The fourth-order valence-electron chi connectivity index (χ4n) is 3.09. The third-order valence-corrected chi connectivity index (χ3v) is 5.36. The molecule has 6 heteroatoms. The second kappa shape index (κ2) is 9.15. The van der Waals surface area contributed by atoms with Crippen molar-refractivity contribution in [2.24, 2.45) is 0 Å². The fourth-order valence-corrected chi connectivity index (χ4v) is 3.74. The average Bonchev–Trinajstić information content (AvgIpc) is 3.26. The predicted molar refractivity (Wildman–Crippen MR) is 98.7 cm³/mol. The van der Waals surface area contributed by atoms with Gasteiger partial charge in [0.25, 0.3) is 0 Å². The van der Waals surface area contributed by atoms with Crippen LogP contribution in [0.5, 0.6) is 0 Å². The summed E-state index contributed by atoms with van der Waals surface area (Å²) in [5.74, 6) is 1.28. The molecule has 5 nitrogen and oxygen atoms in total. The number of ether oxygens (including phenoxy) is 1. The lowest BCUT2D eigenvalue weighted by Gasteiger charge is -2.21. The summed E-state index contributed by atoms with van der Waals surface area (Å²) in [5, 5.41) is 4.92. The molecule has 1 saturated carbocycles. The van der Waals surface area contributed by atoms with Crippen molar-refractivity contribution in [3.05, 3.63) is 29.0 Å². The molecule has 0 atom stereocenters. The highest BCUT2D eigenvalue weighted by molar-refractivity contribution is 7.13. The minimum Gasteiger partial charge on any atom is -0.440 e. The van der Waals surface area contributed by atoms with Crippen molar-refractivity contribution < 1.29 is 13.9 Å². The molecule has 25 heavy (non-hydrogen) atoms. The standard InChI is InChI=1S/C19H26N2O3S/c1-14-16(21-19(24-14)17-9-5-12-25-17)13-18(22)20-10-6-11-23-15-7-3-2-4-8-15/h5,9,12,15H,2-4,6-8,10-11,13H2,1H3,(H,20,22). The largest absolute Gasteiger partial charge is 0.440 e. The van der Waals surface area contributed by atoms with E-state index >= 15 is 0 Å². The van der Waals surface area contributed by atoms with Crippen LogP contribution in [0, 0.1) is 6.92 Å². The molecule has 3 rings (SSSR count). The number of carbonyl (C=O) groups is 1. The summed E-state index contributed by atoms with van der Waals surface area (Å²) in [6, 6.07) is 3.92. The van der Waals surface area contributed by atoms with Gasteiger partial charge < -0.3 is 14.5 Å². The van der Waals surface area contributed by atoms with Gasteiger partial charge in [-0.1, -0.05) is 25.3 Å². The molecule has 1 N–H and O–H groups in total. The van der Waals surface area contributed by atoms with Crippen LogP contribution in [0.4, 0.5) is 0 Å². The maximum absolute atomic E-state index is 12.1. The second-order valence-electron chi connectivity index (χ2n) is 6.51. The third-order valence-electron chi connectivity index (χ3n) is 4.50. The third kappa shape index (κ3) is 5.41. The van der Waals surface area contributed by atoms with Gasteiger partial charge in [-0.15, -0.1) is 11.3 Å². The van der Waals surface area contributed by atoms with E-state index in [1.54, 1.807) is 11.3 Å². The van der Waals surface area contributed by atoms with Crippen LogP contribution < -0.4 is 5.32 Å². The molecule has 2 aromatic heterocycles. The quantitative estimate of drug-likeness (QED) is 0.718. The Kier molecular flexibility index (Phi) is 6.64. The smallest absolute Gasteiger partial charge is 0.236 e. The minimum atomic E-state index is -0.0215. The van der Waals surface area contributed by atoms with Crippen LogP contribution in [-0.4, -0.2) is 30.1 Å². The summed E-state index contributed by atoms with van der Waals surface area (Å²) in [5.41, 5.74) is 0.708. The normalized spacial score (nSPS) is 15.4. The Morgan fingerprint density at radius 2 is 2.24 bits per heavy atom. The summed E-state index contributed by atoms with van der Waals surface area (Å²) in [4.78, 5) is 17.5. The van der Waals surface area contributed by atoms with Gasteiger partial charge in [0, 0.05) is 13.2 Å². The van der Waals surface area contributed by atoms with Crippen LogP contribution in [0.3, 0.4) is 0 Å². The van der Waals surface area contributed by atoms with E-state index in [2.05, 4.69) is 10.3 Å². The lowest BCUT2D eigenvalue weighted by atomic mass is 9.98. The highest BCUT2D eigenvalue weighted by Crippen LogP contribution is 2.26. The van der Waals surface area contributed by atoms with Crippen molar-refractivity contribution in [2.75, 3.05) is 13.2 Å². The Morgan fingerprint density at radius 3 is 3.00 bits per heavy atom.